The molecule has 0 radical (unpaired) electrons. The minimum absolute atomic E-state index is 0. The second kappa shape index (κ2) is 6.98. The van der Waals surface area contributed by atoms with Crippen LogP contribution in [0.3, 0.4) is 0 Å². The normalized spacial score (nSPS) is 10.5. The zero-order valence-electron chi connectivity index (χ0n) is 9.34. The van der Waals surface area contributed by atoms with Gasteiger partial charge in [-0.3, -0.25) is 0 Å². The van der Waals surface area contributed by atoms with E-state index in [1.807, 2.05) is 0 Å². The Kier molecular flexibility index (Phi) is 7.16. The molecular formula is C9H7ClF3KO2. The van der Waals surface area contributed by atoms with Gasteiger partial charge in [0.05, 0.1) is 0 Å². The van der Waals surface area contributed by atoms with Crippen molar-refractivity contribution in [3.8, 4) is 0 Å². The van der Waals surface area contributed by atoms with E-state index in [-0.39, 0.29) is 52.8 Å². The molecule has 0 fully saturated rings. The van der Waals surface area contributed by atoms with Crippen LogP contribution in [-0.2, 0) is 16.1 Å². The fourth-order valence-electron chi connectivity index (χ4n) is 0.811. The van der Waals surface area contributed by atoms with E-state index in [1.165, 1.54) is 24.3 Å². The van der Waals surface area contributed by atoms with Gasteiger partial charge in [0.2, 0.25) is 0 Å². The van der Waals surface area contributed by atoms with Crippen molar-refractivity contribution in [2.45, 2.75) is 12.8 Å². The molecule has 0 unspecified atom stereocenters. The summed E-state index contributed by atoms with van der Waals surface area (Å²) in [5.41, 5.74) is 0.442. The van der Waals surface area contributed by atoms with Crippen LogP contribution in [0.5, 0.6) is 0 Å². The maximum atomic E-state index is 11.7. The van der Waals surface area contributed by atoms with Gasteiger partial charge in [0, 0.05) is 5.02 Å². The van der Waals surface area contributed by atoms with E-state index in [4.69, 9.17) is 11.6 Å². The Morgan fingerprint density at radius 3 is 2.25 bits per heavy atom. The molecule has 0 saturated carbocycles. The first-order chi connectivity index (χ1) is 6.89. The average molecular weight is 279 g/mol. The summed E-state index contributed by atoms with van der Waals surface area (Å²) in [6, 6.07) is 5.95. The molecule has 0 N–H and O–H groups in total. The number of carbonyl (C=O) groups excluding carboxylic acids is 1. The molecule has 0 aliphatic heterocycles. The minimum atomic E-state index is -4.95. The fraction of sp³-hybridized carbons (Fsp3) is 0.222. The van der Waals surface area contributed by atoms with Crippen LogP contribution in [-0.4, -0.2) is 12.1 Å². The topological polar surface area (TPSA) is 26.3 Å². The van der Waals surface area contributed by atoms with Gasteiger partial charge in [-0.1, -0.05) is 23.7 Å². The summed E-state index contributed by atoms with van der Waals surface area (Å²) in [7, 11) is 0. The Morgan fingerprint density at radius 1 is 1.31 bits per heavy atom. The number of rotatable bonds is 2. The molecular weight excluding hydrogens is 272 g/mol. The van der Waals surface area contributed by atoms with Crippen molar-refractivity contribution in [1.82, 2.24) is 0 Å². The van der Waals surface area contributed by atoms with Crippen molar-refractivity contribution < 1.29 is 75.5 Å². The van der Waals surface area contributed by atoms with Gasteiger partial charge in [0.15, 0.2) is 0 Å². The molecule has 1 rings (SSSR count). The molecule has 0 bridgehead atoms. The van der Waals surface area contributed by atoms with Gasteiger partial charge < -0.3 is 6.16 Å². The van der Waals surface area contributed by atoms with E-state index in [1.54, 1.807) is 0 Å². The van der Waals surface area contributed by atoms with Crippen molar-refractivity contribution in [3.05, 3.63) is 34.9 Å². The van der Waals surface area contributed by atoms with Crippen LogP contribution < -0.4 is 51.4 Å². The molecule has 2 nitrogen and oxygen atoms in total. The third kappa shape index (κ3) is 5.65. The number of benzene rings is 1. The number of hydrogen-bond acceptors (Lipinski definition) is 2. The van der Waals surface area contributed by atoms with Crippen molar-refractivity contribution in [3.63, 3.8) is 0 Å². The van der Waals surface area contributed by atoms with Crippen molar-refractivity contribution in [2.24, 2.45) is 0 Å². The molecule has 0 amide bonds. The standard InChI is InChI=1S/C9H6ClF3O2.K.H/c10-7-3-1-6(2-4-7)5-15-8(14)9(11,12)13;;/h1-4H,5H2;;/q;+1;-1. The molecule has 0 spiro atoms. The van der Waals surface area contributed by atoms with E-state index in [0.29, 0.717) is 10.6 Å². The Bertz CT molecular complexity index is 356. The summed E-state index contributed by atoms with van der Waals surface area (Å²) in [4.78, 5) is 10.3. The predicted molar refractivity (Wildman–Crippen MR) is 48.4 cm³/mol. The van der Waals surface area contributed by atoms with Crippen LogP contribution in [0.15, 0.2) is 24.3 Å². The van der Waals surface area contributed by atoms with Gasteiger partial charge in [-0.25, -0.2) is 4.79 Å². The molecule has 0 heterocycles. The quantitative estimate of drug-likeness (QED) is 0.565. The summed E-state index contributed by atoms with van der Waals surface area (Å²) < 4.78 is 39.2. The van der Waals surface area contributed by atoms with Crippen LogP contribution in [0.1, 0.15) is 6.99 Å². The summed E-state index contributed by atoms with van der Waals surface area (Å²) >= 11 is 5.56. The van der Waals surface area contributed by atoms with E-state index in [2.05, 4.69) is 4.74 Å². The number of ether oxygens (including phenoxy) is 1. The summed E-state index contributed by atoms with van der Waals surface area (Å²) in [5.74, 6) is -2.20. The summed E-state index contributed by atoms with van der Waals surface area (Å²) in [5, 5.41) is 0.459. The first-order valence-electron chi connectivity index (χ1n) is 3.88. The van der Waals surface area contributed by atoms with Crippen LogP contribution in [0.2, 0.25) is 5.02 Å². The number of alkyl halides is 3. The Balaban J connectivity index is 0. The second-order valence-electron chi connectivity index (χ2n) is 2.70. The number of halogens is 4. The maximum absolute atomic E-state index is 11.7. The van der Waals surface area contributed by atoms with Crippen LogP contribution in [0.4, 0.5) is 13.2 Å². The molecule has 1 aromatic carbocycles. The fourth-order valence-corrected chi connectivity index (χ4v) is 0.937. The third-order valence-electron chi connectivity index (χ3n) is 1.51. The monoisotopic (exact) mass is 278 g/mol. The first-order valence-corrected chi connectivity index (χ1v) is 4.26. The number of hydrogen-bond donors (Lipinski definition) is 0. The van der Waals surface area contributed by atoms with Crippen molar-refractivity contribution >= 4 is 17.6 Å². The Morgan fingerprint density at radius 2 is 1.81 bits per heavy atom. The molecule has 0 saturated heterocycles. The first kappa shape index (κ1) is 16.4. The van der Waals surface area contributed by atoms with Crippen LogP contribution in [0.25, 0.3) is 0 Å². The van der Waals surface area contributed by atoms with Gasteiger partial charge in [-0.05, 0) is 17.7 Å². The zero-order valence-corrected chi connectivity index (χ0v) is 12.2. The van der Waals surface area contributed by atoms with Crippen molar-refractivity contribution in [2.75, 3.05) is 0 Å². The second-order valence-corrected chi connectivity index (χ2v) is 3.14. The molecule has 0 aliphatic carbocycles. The van der Waals surface area contributed by atoms with E-state index in [0.717, 1.165) is 0 Å². The summed E-state index contributed by atoms with van der Waals surface area (Å²) in [6.45, 7) is -0.421. The third-order valence-corrected chi connectivity index (χ3v) is 1.77. The van der Waals surface area contributed by atoms with Gasteiger partial charge in [-0.15, -0.1) is 0 Å². The van der Waals surface area contributed by atoms with Crippen LogP contribution in [0, 0.1) is 0 Å². The molecule has 0 aliphatic rings. The Labute approximate surface area is 139 Å². The smallest absolute Gasteiger partial charge is 1.00 e. The van der Waals surface area contributed by atoms with Gasteiger partial charge in [-0.2, -0.15) is 13.2 Å². The summed E-state index contributed by atoms with van der Waals surface area (Å²) in [6.07, 6.45) is -4.95. The number of esters is 1. The van der Waals surface area contributed by atoms with E-state index in [9.17, 15) is 18.0 Å². The van der Waals surface area contributed by atoms with Gasteiger partial charge in [0.25, 0.3) is 0 Å². The largest absolute Gasteiger partial charge is 1.00 e. The van der Waals surface area contributed by atoms with Crippen LogP contribution >= 0.6 is 11.6 Å². The van der Waals surface area contributed by atoms with E-state index < -0.39 is 18.8 Å². The average Bonchev–Trinajstić information content (AvgIpc) is 2.15. The van der Waals surface area contributed by atoms with Gasteiger partial charge >= 0.3 is 63.5 Å². The zero-order chi connectivity index (χ0) is 11.5. The SMILES string of the molecule is O=C(OCc1ccc(Cl)cc1)C(F)(F)F.[H-].[K+]. The molecule has 1 aromatic rings. The van der Waals surface area contributed by atoms with Crippen molar-refractivity contribution in [1.29, 1.82) is 0 Å². The Hall–Kier alpha value is 0.406. The molecule has 7 heteroatoms. The predicted octanol–water partition coefficient (Wildman–Crippen LogP) is 0.0620. The van der Waals surface area contributed by atoms with E-state index >= 15 is 0 Å². The van der Waals surface area contributed by atoms with Gasteiger partial charge in [0.1, 0.15) is 6.61 Å². The molecule has 16 heavy (non-hydrogen) atoms. The maximum Gasteiger partial charge on any atom is 1.00 e. The molecule has 0 atom stereocenters. The molecule has 0 aromatic heterocycles. The minimum Gasteiger partial charge on any atom is -1.00 e. The molecule has 84 valence electrons. The number of carbonyl (C=O) groups is 1.